The van der Waals surface area contributed by atoms with Gasteiger partial charge >= 0.3 is 0 Å². The number of fused-ring (bicyclic) bond motifs is 1. The predicted molar refractivity (Wildman–Crippen MR) is 137 cm³/mol. The summed E-state index contributed by atoms with van der Waals surface area (Å²) in [4.78, 5) is 55.1. The molecular weight excluding hydrogens is 478 g/mol. The first-order valence-corrected chi connectivity index (χ1v) is 12.6. The normalized spacial score (nSPS) is 19.7. The summed E-state index contributed by atoms with van der Waals surface area (Å²) in [6.45, 7) is 0.169. The zero-order valence-corrected chi connectivity index (χ0v) is 21.0. The molecule has 7 nitrogen and oxygen atoms in total. The first-order valence-electron chi connectivity index (χ1n) is 12.2. The lowest BCUT2D eigenvalue weighted by molar-refractivity contribution is -0.144. The van der Waals surface area contributed by atoms with Gasteiger partial charge in [-0.3, -0.25) is 24.1 Å². The summed E-state index contributed by atoms with van der Waals surface area (Å²) in [5.74, 6) is -1.70. The molecule has 0 bridgehead atoms. The third-order valence-corrected chi connectivity index (χ3v) is 7.14. The van der Waals surface area contributed by atoms with Crippen LogP contribution in [-0.2, 0) is 32.1 Å². The number of nitrogens with one attached hydrogen (secondary N) is 1. The second-order valence-corrected chi connectivity index (χ2v) is 9.64. The minimum atomic E-state index is -0.777. The van der Waals surface area contributed by atoms with E-state index in [-0.39, 0.29) is 55.0 Å². The molecule has 0 saturated carbocycles. The highest BCUT2D eigenvalue weighted by atomic mass is 35.5. The molecule has 1 saturated heterocycles. The van der Waals surface area contributed by atoms with Crippen LogP contribution < -0.4 is 5.32 Å². The van der Waals surface area contributed by atoms with Gasteiger partial charge in [0, 0.05) is 38.0 Å². The molecule has 4 rings (SSSR count). The van der Waals surface area contributed by atoms with Crippen LogP contribution in [0.25, 0.3) is 0 Å². The predicted octanol–water partition coefficient (Wildman–Crippen LogP) is 3.37. The largest absolute Gasteiger partial charge is 0.357 e. The topological polar surface area (TPSA) is 86.8 Å². The molecule has 1 N–H and O–H groups in total. The van der Waals surface area contributed by atoms with Crippen molar-refractivity contribution < 1.29 is 19.2 Å². The van der Waals surface area contributed by atoms with Crippen molar-refractivity contribution in [2.45, 2.75) is 38.3 Å². The van der Waals surface area contributed by atoms with E-state index in [0.29, 0.717) is 24.3 Å². The third kappa shape index (κ3) is 5.68. The van der Waals surface area contributed by atoms with Crippen molar-refractivity contribution in [2.24, 2.45) is 11.8 Å². The lowest BCUT2D eigenvalue weighted by Crippen LogP contribution is -2.50. The Labute approximate surface area is 216 Å². The molecule has 1 fully saturated rings. The maximum absolute atomic E-state index is 13.6. The van der Waals surface area contributed by atoms with Crippen molar-refractivity contribution in [3.8, 4) is 0 Å². The van der Waals surface area contributed by atoms with Gasteiger partial charge in [-0.1, -0.05) is 66.2 Å². The first kappa shape index (κ1) is 25.6. The number of hydrogen-bond donors (Lipinski definition) is 1. The Kier molecular flexibility index (Phi) is 8.21. The number of carbonyl (C=O) groups is 4. The second kappa shape index (κ2) is 11.5. The Morgan fingerprint density at radius 3 is 2.25 bits per heavy atom. The number of allylic oxidation sites excluding steroid dienone is 2. The van der Waals surface area contributed by atoms with Crippen LogP contribution in [0.1, 0.15) is 30.4 Å². The van der Waals surface area contributed by atoms with E-state index < -0.39 is 6.04 Å². The molecule has 0 radical (unpaired) electrons. The molecule has 0 unspecified atom stereocenters. The van der Waals surface area contributed by atoms with Crippen molar-refractivity contribution in [1.29, 1.82) is 0 Å². The number of rotatable bonds is 9. The average molecular weight is 508 g/mol. The van der Waals surface area contributed by atoms with Crippen molar-refractivity contribution in [1.82, 2.24) is 15.1 Å². The SMILES string of the molecule is CNC(=O)[C@H](Cc1ccccc1)N(Cc1cccc(Cl)c1)C(=O)CCN1C(=O)[C@H]2CC=CC[C@H]2C1=O. The van der Waals surface area contributed by atoms with Gasteiger partial charge in [0.15, 0.2) is 0 Å². The molecule has 1 aliphatic heterocycles. The van der Waals surface area contributed by atoms with Crippen molar-refractivity contribution >= 4 is 35.2 Å². The number of halogens is 1. The standard InChI is InChI=1S/C28H30ClN3O4/c1-30-26(34)24(17-19-8-3-2-4-9-19)32(18-20-10-7-11-21(29)16-20)25(33)14-15-31-27(35)22-12-5-6-13-23(22)28(31)36/h2-11,16,22-24H,12-15,17-18H2,1H3,(H,30,34)/t22-,23+,24-/m0/s1. The fourth-order valence-electron chi connectivity index (χ4n) is 4.99. The number of likely N-dealkylation sites (N-methyl/N-ethyl adjacent to an activating group) is 1. The van der Waals surface area contributed by atoms with Crippen LogP contribution in [0.2, 0.25) is 5.02 Å². The average Bonchev–Trinajstić information content (AvgIpc) is 3.14. The highest BCUT2D eigenvalue weighted by Crippen LogP contribution is 2.35. The number of carbonyl (C=O) groups excluding carboxylic acids is 4. The molecule has 36 heavy (non-hydrogen) atoms. The summed E-state index contributed by atoms with van der Waals surface area (Å²) in [6, 6.07) is 15.9. The second-order valence-electron chi connectivity index (χ2n) is 9.21. The summed E-state index contributed by atoms with van der Waals surface area (Å²) < 4.78 is 0. The molecule has 0 aromatic heterocycles. The highest BCUT2D eigenvalue weighted by molar-refractivity contribution is 6.30. The quantitative estimate of drug-likeness (QED) is 0.416. The van der Waals surface area contributed by atoms with Crippen LogP contribution in [0, 0.1) is 11.8 Å². The monoisotopic (exact) mass is 507 g/mol. The van der Waals surface area contributed by atoms with Gasteiger partial charge in [0.25, 0.3) is 0 Å². The number of benzene rings is 2. The van der Waals surface area contributed by atoms with Crippen LogP contribution in [0.4, 0.5) is 0 Å². The summed E-state index contributed by atoms with van der Waals surface area (Å²) in [7, 11) is 1.54. The molecule has 188 valence electrons. The zero-order chi connectivity index (χ0) is 25.7. The Bertz CT molecular complexity index is 1140. The minimum absolute atomic E-state index is 0.00134. The minimum Gasteiger partial charge on any atom is -0.357 e. The Morgan fingerprint density at radius 2 is 1.64 bits per heavy atom. The van der Waals surface area contributed by atoms with E-state index in [0.717, 1.165) is 11.1 Å². The molecule has 2 aliphatic rings. The Morgan fingerprint density at radius 1 is 1.00 bits per heavy atom. The molecular formula is C28H30ClN3O4. The molecule has 2 aromatic rings. The smallest absolute Gasteiger partial charge is 0.242 e. The van der Waals surface area contributed by atoms with Crippen LogP contribution in [0.5, 0.6) is 0 Å². The Balaban J connectivity index is 1.56. The van der Waals surface area contributed by atoms with Gasteiger partial charge in [-0.05, 0) is 36.1 Å². The van der Waals surface area contributed by atoms with Crippen LogP contribution in [-0.4, -0.2) is 53.1 Å². The number of hydrogen-bond acceptors (Lipinski definition) is 4. The van der Waals surface area contributed by atoms with E-state index in [1.807, 2.05) is 48.6 Å². The number of amides is 4. The van der Waals surface area contributed by atoms with Gasteiger partial charge in [-0.25, -0.2) is 0 Å². The van der Waals surface area contributed by atoms with Crippen molar-refractivity contribution in [3.63, 3.8) is 0 Å². The van der Waals surface area contributed by atoms with E-state index in [1.54, 1.807) is 25.2 Å². The molecule has 8 heteroatoms. The lowest BCUT2D eigenvalue weighted by atomic mass is 9.85. The van der Waals surface area contributed by atoms with Gasteiger partial charge in [0.2, 0.25) is 23.6 Å². The number of imide groups is 1. The molecule has 4 amide bonds. The first-order chi connectivity index (χ1) is 17.4. The molecule has 1 heterocycles. The summed E-state index contributed by atoms with van der Waals surface area (Å²) in [5, 5.41) is 3.21. The summed E-state index contributed by atoms with van der Waals surface area (Å²) in [6.07, 6.45) is 5.24. The van der Waals surface area contributed by atoms with E-state index in [9.17, 15) is 19.2 Å². The lowest BCUT2D eigenvalue weighted by Gasteiger charge is -2.31. The Hall–Kier alpha value is -3.45. The molecule has 3 atom stereocenters. The maximum Gasteiger partial charge on any atom is 0.242 e. The van der Waals surface area contributed by atoms with E-state index >= 15 is 0 Å². The van der Waals surface area contributed by atoms with Gasteiger partial charge in [0.05, 0.1) is 11.8 Å². The highest BCUT2D eigenvalue weighted by Gasteiger charge is 2.47. The molecule has 0 spiro atoms. The maximum atomic E-state index is 13.6. The fourth-order valence-corrected chi connectivity index (χ4v) is 5.21. The zero-order valence-electron chi connectivity index (χ0n) is 20.2. The van der Waals surface area contributed by atoms with E-state index in [1.165, 1.54) is 9.80 Å². The molecule has 1 aliphatic carbocycles. The third-order valence-electron chi connectivity index (χ3n) is 6.91. The number of likely N-dealkylation sites (tertiary alicyclic amines) is 1. The van der Waals surface area contributed by atoms with Gasteiger partial charge in [-0.2, -0.15) is 0 Å². The van der Waals surface area contributed by atoms with Gasteiger partial charge in [0.1, 0.15) is 6.04 Å². The van der Waals surface area contributed by atoms with Crippen molar-refractivity contribution in [2.75, 3.05) is 13.6 Å². The summed E-state index contributed by atoms with van der Waals surface area (Å²) in [5.41, 5.74) is 1.69. The van der Waals surface area contributed by atoms with Crippen molar-refractivity contribution in [3.05, 3.63) is 82.9 Å². The van der Waals surface area contributed by atoms with E-state index in [4.69, 9.17) is 11.6 Å². The van der Waals surface area contributed by atoms with Gasteiger partial charge in [-0.15, -0.1) is 0 Å². The van der Waals surface area contributed by atoms with E-state index in [2.05, 4.69) is 5.32 Å². The van der Waals surface area contributed by atoms with Crippen LogP contribution >= 0.6 is 11.6 Å². The van der Waals surface area contributed by atoms with Crippen LogP contribution in [0.15, 0.2) is 66.7 Å². The van der Waals surface area contributed by atoms with Crippen LogP contribution in [0.3, 0.4) is 0 Å². The summed E-state index contributed by atoms with van der Waals surface area (Å²) >= 11 is 6.18. The number of nitrogens with zero attached hydrogens (tertiary/aromatic N) is 2. The molecule has 2 aromatic carbocycles. The fraction of sp³-hybridized carbons (Fsp3) is 0.357. The van der Waals surface area contributed by atoms with Gasteiger partial charge < -0.3 is 10.2 Å².